The van der Waals surface area contributed by atoms with Crippen molar-refractivity contribution in [3.63, 3.8) is 0 Å². The Morgan fingerprint density at radius 1 is 0.828 bits per heavy atom. The zero-order chi connectivity index (χ0) is 20.2. The van der Waals surface area contributed by atoms with E-state index >= 15 is 0 Å². The number of hydrogen-bond acceptors (Lipinski definition) is 3. The van der Waals surface area contributed by atoms with Gasteiger partial charge in [0.05, 0.1) is 12.0 Å². The highest BCUT2D eigenvalue weighted by Crippen LogP contribution is 2.34. The van der Waals surface area contributed by atoms with Gasteiger partial charge in [-0.25, -0.2) is 0 Å². The van der Waals surface area contributed by atoms with Gasteiger partial charge in [-0.05, 0) is 35.4 Å². The van der Waals surface area contributed by atoms with Gasteiger partial charge in [-0.3, -0.25) is 14.5 Å². The molecule has 0 saturated carbocycles. The summed E-state index contributed by atoms with van der Waals surface area (Å²) in [4.78, 5) is 26.1. The molecule has 0 atom stereocenters. The van der Waals surface area contributed by atoms with Gasteiger partial charge in [0, 0.05) is 24.3 Å². The fraction of sp³-hybridized carbons (Fsp3) is 0.167. The molecule has 146 valence electrons. The van der Waals surface area contributed by atoms with Crippen molar-refractivity contribution >= 4 is 17.5 Å². The van der Waals surface area contributed by atoms with E-state index in [2.05, 4.69) is 34.5 Å². The molecule has 3 aromatic carbocycles. The second-order valence-electron chi connectivity index (χ2n) is 7.31. The van der Waals surface area contributed by atoms with Crippen LogP contribution >= 0.6 is 0 Å². The van der Waals surface area contributed by atoms with E-state index in [-0.39, 0.29) is 17.9 Å². The minimum atomic E-state index is -0.481. The Bertz CT molecular complexity index is 942. The standard InChI is InChI=1S/C24H23N3O2/c25-23(28)19-11-13-21(14-12-19)26-24(29)20-15-27(16-20)22(17-7-3-1-4-8-17)18-9-5-2-6-10-18/h1-14,20,22H,15-16H2,(H2,25,28)(H,26,29). The number of hydrogen-bond donors (Lipinski definition) is 2. The normalized spacial score (nSPS) is 14.4. The SMILES string of the molecule is NC(=O)c1ccc(NC(=O)C2CN(C(c3ccccc3)c3ccccc3)C2)cc1. The van der Waals surface area contributed by atoms with Crippen LogP contribution in [-0.2, 0) is 4.79 Å². The quantitative estimate of drug-likeness (QED) is 0.682. The van der Waals surface area contributed by atoms with Gasteiger partial charge in [0.15, 0.2) is 0 Å². The van der Waals surface area contributed by atoms with E-state index in [1.54, 1.807) is 24.3 Å². The van der Waals surface area contributed by atoms with Crippen LogP contribution in [0.2, 0.25) is 0 Å². The lowest BCUT2D eigenvalue weighted by Crippen LogP contribution is -2.53. The molecule has 0 aromatic heterocycles. The highest BCUT2D eigenvalue weighted by Gasteiger charge is 2.37. The number of primary amides is 1. The van der Waals surface area contributed by atoms with Crippen molar-refractivity contribution in [3.05, 3.63) is 102 Å². The first kappa shape index (κ1) is 18.9. The Balaban J connectivity index is 1.43. The molecule has 2 amide bonds. The molecule has 0 spiro atoms. The van der Waals surface area contributed by atoms with Crippen molar-refractivity contribution in [1.29, 1.82) is 0 Å². The molecular formula is C24H23N3O2. The van der Waals surface area contributed by atoms with Gasteiger partial charge < -0.3 is 11.1 Å². The lowest BCUT2D eigenvalue weighted by Gasteiger charge is -2.44. The van der Waals surface area contributed by atoms with Crippen molar-refractivity contribution in [3.8, 4) is 0 Å². The van der Waals surface area contributed by atoms with Crippen molar-refractivity contribution in [2.24, 2.45) is 11.7 Å². The third-order valence-electron chi connectivity index (χ3n) is 5.31. The number of amides is 2. The fourth-order valence-electron chi connectivity index (χ4n) is 3.74. The number of rotatable bonds is 6. The molecule has 1 aliphatic rings. The van der Waals surface area contributed by atoms with E-state index in [4.69, 9.17) is 5.73 Å². The maximum atomic E-state index is 12.6. The van der Waals surface area contributed by atoms with E-state index < -0.39 is 5.91 Å². The molecule has 0 radical (unpaired) electrons. The van der Waals surface area contributed by atoms with Crippen LogP contribution in [0.4, 0.5) is 5.69 Å². The summed E-state index contributed by atoms with van der Waals surface area (Å²) in [6, 6.07) is 27.5. The third-order valence-corrected chi connectivity index (χ3v) is 5.31. The van der Waals surface area contributed by atoms with Crippen LogP contribution < -0.4 is 11.1 Å². The van der Waals surface area contributed by atoms with Gasteiger partial charge in [-0.2, -0.15) is 0 Å². The Hall–Kier alpha value is -3.44. The number of likely N-dealkylation sites (tertiary alicyclic amines) is 1. The number of carbonyl (C=O) groups excluding carboxylic acids is 2. The summed E-state index contributed by atoms with van der Waals surface area (Å²) in [5, 5.41) is 2.93. The number of benzene rings is 3. The predicted octanol–water partition coefficient (Wildman–Crippen LogP) is 3.45. The largest absolute Gasteiger partial charge is 0.366 e. The second kappa shape index (κ2) is 8.29. The molecule has 3 aromatic rings. The van der Waals surface area contributed by atoms with Gasteiger partial charge in [-0.1, -0.05) is 60.7 Å². The molecule has 1 heterocycles. The Kier molecular flexibility index (Phi) is 5.40. The van der Waals surface area contributed by atoms with Crippen molar-refractivity contribution in [2.45, 2.75) is 6.04 Å². The Morgan fingerprint density at radius 3 is 1.83 bits per heavy atom. The number of anilines is 1. The molecule has 0 bridgehead atoms. The molecule has 1 aliphatic heterocycles. The zero-order valence-corrected chi connectivity index (χ0v) is 16.0. The van der Waals surface area contributed by atoms with Gasteiger partial charge >= 0.3 is 0 Å². The molecule has 5 heteroatoms. The van der Waals surface area contributed by atoms with Crippen LogP contribution in [0.1, 0.15) is 27.5 Å². The summed E-state index contributed by atoms with van der Waals surface area (Å²) >= 11 is 0. The van der Waals surface area contributed by atoms with Crippen molar-refractivity contribution < 1.29 is 9.59 Å². The average Bonchev–Trinajstić information content (AvgIpc) is 2.72. The van der Waals surface area contributed by atoms with E-state index in [9.17, 15) is 9.59 Å². The fourth-order valence-corrected chi connectivity index (χ4v) is 3.74. The Labute approximate surface area is 170 Å². The summed E-state index contributed by atoms with van der Waals surface area (Å²) < 4.78 is 0. The lowest BCUT2D eigenvalue weighted by molar-refractivity contribution is -0.125. The molecule has 0 unspecified atom stereocenters. The van der Waals surface area contributed by atoms with Crippen LogP contribution in [0.15, 0.2) is 84.9 Å². The molecule has 3 N–H and O–H groups in total. The Morgan fingerprint density at radius 2 is 1.34 bits per heavy atom. The summed E-state index contributed by atoms with van der Waals surface area (Å²) in [5.74, 6) is -0.556. The first-order chi connectivity index (χ1) is 14.1. The molecule has 1 fully saturated rings. The topological polar surface area (TPSA) is 75.4 Å². The van der Waals surface area contributed by atoms with Crippen LogP contribution in [-0.4, -0.2) is 29.8 Å². The first-order valence-electron chi connectivity index (χ1n) is 9.66. The molecular weight excluding hydrogens is 362 g/mol. The van der Waals surface area contributed by atoms with Gasteiger partial charge in [-0.15, -0.1) is 0 Å². The van der Waals surface area contributed by atoms with E-state index in [0.717, 1.165) is 0 Å². The smallest absolute Gasteiger partial charge is 0.248 e. The minimum Gasteiger partial charge on any atom is -0.366 e. The van der Waals surface area contributed by atoms with Crippen molar-refractivity contribution in [1.82, 2.24) is 4.90 Å². The van der Waals surface area contributed by atoms with Gasteiger partial charge in [0.2, 0.25) is 11.8 Å². The summed E-state index contributed by atoms with van der Waals surface area (Å²) in [5.41, 5.74) is 8.79. The second-order valence-corrected chi connectivity index (χ2v) is 7.31. The molecule has 1 saturated heterocycles. The minimum absolute atomic E-state index is 0.00653. The monoisotopic (exact) mass is 385 g/mol. The summed E-state index contributed by atoms with van der Waals surface area (Å²) in [6.07, 6.45) is 0. The number of carbonyl (C=O) groups is 2. The van der Waals surface area contributed by atoms with E-state index in [1.807, 2.05) is 36.4 Å². The average molecular weight is 385 g/mol. The molecule has 4 rings (SSSR count). The van der Waals surface area contributed by atoms with E-state index in [1.165, 1.54) is 11.1 Å². The van der Waals surface area contributed by atoms with Crippen LogP contribution in [0.25, 0.3) is 0 Å². The van der Waals surface area contributed by atoms with Crippen LogP contribution in [0, 0.1) is 5.92 Å². The van der Waals surface area contributed by atoms with Crippen LogP contribution in [0.3, 0.4) is 0 Å². The highest BCUT2D eigenvalue weighted by molar-refractivity contribution is 5.95. The van der Waals surface area contributed by atoms with Crippen molar-refractivity contribution in [2.75, 3.05) is 18.4 Å². The first-order valence-corrected chi connectivity index (χ1v) is 9.66. The van der Waals surface area contributed by atoms with Gasteiger partial charge in [0.25, 0.3) is 0 Å². The van der Waals surface area contributed by atoms with Gasteiger partial charge in [0.1, 0.15) is 0 Å². The maximum Gasteiger partial charge on any atom is 0.248 e. The summed E-state index contributed by atoms with van der Waals surface area (Å²) in [6.45, 7) is 1.39. The number of nitrogens with one attached hydrogen (secondary N) is 1. The highest BCUT2D eigenvalue weighted by atomic mass is 16.2. The third kappa shape index (κ3) is 4.20. The zero-order valence-electron chi connectivity index (χ0n) is 16.0. The maximum absolute atomic E-state index is 12.6. The van der Waals surface area contributed by atoms with E-state index in [0.29, 0.717) is 24.3 Å². The lowest BCUT2D eigenvalue weighted by atomic mass is 9.90. The molecule has 0 aliphatic carbocycles. The molecule has 5 nitrogen and oxygen atoms in total. The summed E-state index contributed by atoms with van der Waals surface area (Å²) in [7, 11) is 0. The number of nitrogens with zero attached hydrogens (tertiary/aromatic N) is 1. The molecule has 29 heavy (non-hydrogen) atoms. The predicted molar refractivity (Wildman–Crippen MR) is 113 cm³/mol. The van der Waals surface area contributed by atoms with Crippen LogP contribution in [0.5, 0.6) is 0 Å². The number of nitrogens with two attached hydrogens (primary N) is 1.